The molecule has 1 N–H and O–H groups in total. The lowest BCUT2D eigenvalue weighted by atomic mass is 9.89. The highest BCUT2D eigenvalue weighted by Gasteiger charge is 2.27. The average molecular weight is 537 g/mol. The van der Waals surface area contributed by atoms with Gasteiger partial charge in [-0.2, -0.15) is 0 Å². The van der Waals surface area contributed by atoms with Gasteiger partial charge in [-0.25, -0.2) is 14.8 Å². The minimum absolute atomic E-state index is 0.0849. The Morgan fingerprint density at radius 2 is 1.74 bits per heavy atom. The Hall–Kier alpha value is -2.68. The standard InChI is InChI=1S/C29H37ClN6O2/c30-21-5-4-6-25(19-21)36-27(20-35(29(36)37)24-12-17-38-18-13-24)26-11-14-31-28(33-26)32-22-7-9-23(10-8-22)34-15-2-1-3-16-34/h4-6,11,14,19-20,22-24H,1-3,7-10,12-13,15-18H2,(H,31,32,33). The Kier molecular flexibility index (Phi) is 7.81. The highest BCUT2D eigenvalue weighted by atomic mass is 35.5. The average Bonchev–Trinajstić information content (AvgIpc) is 3.31. The highest BCUT2D eigenvalue weighted by molar-refractivity contribution is 6.30. The number of hydrogen-bond acceptors (Lipinski definition) is 6. The third kappa shape index (κ3) is 5.53. The Balaban J connectivity index is 1.25. The van der Waals surface area contributed by atoms with Crippen molar-refractivity contribution in [1.82, 2.24) is 24.0 Å². The van der Waals surface area contributed by atoms with Gasteiger partial charge in [-0.3, -0.25) is 9.13 Å². The van der Waals surface area contributed by atoms with Crippen LogP contribution in [0.15, 0.2) is 47.5 Å². The van der Waals surface area contributed by atoms with Gasteiger partial charge >= 0.3 is 5.69 Å². The van der Waals surface area contributed by atoms with Crippen molar-refractivity contribution in [1.29, 1.82) is 0 Å². The predicted molar refractivity (Wildman–Crippen MR) is 150 cm³/mol. The molecular formula is C29H37ClN6O2. The van der Waals surface area contributed by atoms with Crippen molar-refractivity contribution in [2.24, 2.45) is 0 Å². The van der Waals surface area contributed by atoms with Gasteiger partial charge < -0.3 is 15.0 Å². The van der Waals surface area contributed by atoms with Crippen molar-refractivity contribution in [3.05, 3.63) is 58.2 Å². The van der Waals surface area contributed by atoms with E-state index in [2.05, 4.69) is 15.2 Å². The number of ether oxygens (including phenoxy) is 1. The maximum atomic E-state index is 13.7. The second-order valence-electron chi connectivity index (χ2n) is 10.9. The van der Waals surface area contributed by atoms with E-state index in [0.29, 0.717) is 35.9 Å². The molecule has 1 aromatic carbocycles. The summed E-state index contributed by atoms with van der Waals surface area (Å²) in [6.45, 7) is 3.85. The third-order valence-corrected chi connectivity index (χ3v) is 8.66. The molecule has 3 fully saturated rings. The van der Waals surface area contributed by atoms with E-state index in [1.54, 1.807) is 10.8 Å². The minimum Gasteiger partial charge on any atom is -0.381 e. The maximum absolute atomic E-state index is 13.7. The number of likely N-dealkylation sites (tertiary alicyclic amines) is 1. The van der Waals surface area contributed by atoms with Gasteiger partial charge in [0.15, 0.2) is 0 Å². The molecule has 38 heavy (non-hydrogen) atoms. The van der Waals surface area contributed by atoms with E-state index in [1.165, 1.54) is 45.2 Å². The lowest BCUT2D eigenvalue weighted by Gasteiger charge is -2.39. The Morgan fingerprint density at radius 3 is 2.50 bits per heavy atom. The van der Waals surface area contributed by atoms with Gasteiger partial charge in [0.05, 0.1) is 17.1 Å². The summed E-state index contributed by atoms with van der Waals surface area (Å²) < 4.78 is 9.10. The van der Waals surface area contributed by atoms with Gasteiger partial charge in [-0.05, 0) is 88.7 Å². The van der Waals surface area contributed by atoms with Crippen molar-refractivity contribution in [3.8, 4) is 17.1 Å². The topological polar surface area (TPSA) is 77.2 Å². The van der Waals surface area contributed by atoms with Crippen LogP contribution < -0.4 is 11.0 Å². The van der Waals surface area contributed by atoms with Gasteiger partial charge in [0, 0.05) is 48.8 Å². The van der Waals surface area contributed by atoms with Gasteiger partial charge in [0.25, 0.3) is 0 Å². The first kappa shape index (κ1) is 25.6. The fourth-order valence-corrected chi connectivity index (χ4v) is 6.54. The molecule has 0 radical (unpaired) electrons. The molecule has 202 valence electrons. The zero-order chi connectivity index (χ0) is 25.9. The molecule has 6 rings (SSSR count). The van der Waals surface area contributed by atoms with Crippen LogP contribution in [0.3, 0.4) is 0 Å². The number of rotatable bonds is 6. The molecule has 1 aliphatic carbocycles. The molecule has 1 saturated carbocycles. The molecule has 0 atom stereocenters. The Labute approximate surface area is 229 Å². The van der Waals surface area contributed by atoms with E-state index in [9.17, 15) is 4.79 Å². The second-order valence-corrected chi connectivity index (χ2v) is 11.3. The molecule has 0 unspecified atom stereocenters. The Bertz CT molecular complexity index is 1290. The van der Waals surface area contributed by atoms with Crippen LogP contribution >= 0.6 is 11.6 Å². The van der Waals surface area contributed by atoms with Crippen LogP contribution in [-0.4, -0.2) is 62.4 Å². The van der Waals surface area contributed by atoms with Crippen molar-refractivity contribution in [2.75, 3.05) is 31.6 Å². The lowest BCUT2D eigenvalue weighted by molar-refractivity contribution is 0.0686. The number of halogens is 1. The van der Waals surface area contributed by atoms with Crippen LogP contribution in [0, 0.1) is 0 Å². The van der Waals surface area contributed by atoms with Crippen LogP contribution in [0.4, 0.5) is 5.95 Å². The van der Waals surface area contributed by atoms with Gasteiger partial charge in [-0.1, -0.05) is 24.1 Å². The summed E-state index contributed by atoms with van der Waals surface area (Å²) in [7, 11) is 0. The predicted octanol–water partition coefficient (Wildman–Crippen LogP) is 5.31. The number of aromatic nitrogens is 4. The molecule has 8 nitrogen and oxygen atoms in total. The van der Waals surface area contributed by atoms with Crippen molar-refractivity contribution < 1.29 is 4.74 Å². The van der Waals surface area contributed by atoms with Crippen LogP contribution in [0.2, 0.25) is 5.02 Å². The van der Waals surface area contributed by atoms with Crippen molar-refractivity contribution >= 4 is 17.5 Å². The van der Waals surface area contributed by atoms with E-state index >= 15 is 0 Å². The largest absolute Gasteiger partial charge is 0.381 e. The maximum Gasteiger partial charge on any atom is 0.333 e. The molecular weight excluding hydrogens is 500 g/mol. The Morgan fingerprint density at radius 1 is 0.947 bits per heavy atom. The monoisotopic (exact) mass is 536 g/mol. The van der Waals surface area contributed by atoms with Crippen molar-refractivity contribution in [2.45, 2.75) is 75.9 Å². The minimum atomic E-state index is -0.0849. The fraction of sp³-hybridized carbons (Fsp3) is 0.552. The first-order valence-corrected chi connectivity index (χ1v) is 14.5. The van der Waals surface area contributed by atoms with Gasteiger partial charge in [-0.15, -0.1) is 0 Å². The third-order valence-electron chi connectivity index (χ3n) is 8.42. The molecule has 0 amide bonds. The molecule has 2 saturated heterocycles. The van der Waals surface area contributed by atoms with E-state index < -0.39 is 0 Å². The van der Waals surface area contributed by atoms with Crippen LogP contribution in [0.5, 0.6) is 0 Å². The normalized spacial score (nSPS) is 23.4. The first-order chi connectivity index (χ1) is 18.7. The zero-order valence-electron chi connectivity index (χ0n) is 21.9. The summed E-state index contributed by atoms with van der Waals surface area (Å²) in [6.07, 6.45) is 14.1. The molecule has 9 heteroatoms. The van der Waals surface area contributed by atoms with Gasteiger partial charge in [0.2, 0.25) is 5.95 Å². The second kappa shape index (κ2) is 11.6. The van der Waals surface area contributed by atoms with Crippen molar-refractivity contribution in [3.63, 3.8) is 0 Å². The van der Waals surface area contributed by atoms with Crippen LogP contribution in [0.25, 0.3) is 17.1 Å². The molecule has 3 aliphatic rings. The van der Waals surface area contributed by atoms with Crippen LogP contribution in [-0.2, 0) is 4.74 Å². The summed E-state index contributed by atoms with van der Waals surface area (Å²) in [5.74, 6) is 0.618. The molecule has 0 bridgehead atoms. The number of imidazole rings is 1. The quantitative estimate of drug-likeness (QED) is 0.460. The summed E-state index contributed by atoms with van der Waals surface area (Å²) in [5.41, 5.74) is 2.10. The summed E-state index contributed by atoms with van der Waals surface area (Å²) >= 11 is 6.32. The number of nitrogens with one attached hydrogen (secondary N) is 1. The molecule has 3 aromatic rings. The lowest BCUT2D eigenvalue weighted by Crippen LogP contribution is -2.43. The van der Waals surface area contributed by atoms with Gasteiger partial charge in [0.1, 0.15) is 0 Å². The number of anilines is 1. The molecule has 2 aromatic heterocycles. The first-order valence-electron chi connectivity index (χ1n) is 14.2. The summed E-state index contributed by atoms with van der Waals surface area (Å²) in [5, 5.41) is 4.18. The molecule has 0 spiro atoms. The number of piperidine rings is 1. The summed E-state index contributed by atoms with van der Waals surface area (Å²) in [6, 6.07) is 10.5. The number of hydrogen-bond donors (Lipinski definition) is 1. The van der Waals surface area contributed by atoms with E-state index in [-0.39, 0.29) is 11.7 Å². The van der Waals surface area contributed by atoms with E-state index in [0.717, 1.165) is 43.1 Å². The zero-order valence-corrected chi connectivity index (χ0v) is 22.7. The number of benzene rings is 1. The molecule has 4 heterocycles. The SMILES string of the molecule is O=c1n(C2CCOCC2)cc(-c2ccnc(NC3CCC(N4CCCCC4)CC3)n2)n1-c1cccc(Cl)c1. The van der Waals surface area contributed by atoms with E-state index in [1.807, 2.05) is 41.1 Å². The number of nitrogens with zero attached hydrogens (tertiary/aromatic N) is 5. The summed E-state index contributed by atoms with van der Waals surface area (Å²) in [4.78, 5) is 25.8. The smallest absolute Gasteiger partial charge is 0.333 e. The molecule has 2 aliphatic heterocycles. The fourth-order valence-electron chi connectivity index (χ4n) is 6.36. The highest BCUT2D eigenvalue weighted by Crippen LogP contribution is 2.29. The van der Waals surface area contributed by atoms with E-state index in [4.69, 9.17) is 21.3 Å². The van der Waals surface area contributed by atoms with Crippen LogP contribution in [0.1, 0.15) is 63.8 Å².